The first kappa shape index (κ1) is 16.4. The molecule has 0 radical (unpaired) electrons. The molecule has 2 heterocycles. The molecule has 1 N–H and O–H groups in total. The molecule has 0 unspecified atom stereocenters. The summed E-state index contributed by atoms with van der Waals surface area (Å²) in [4.78, 5) is 16.3. The van der Waals surface area contributed by atoms with E-state index in [-0.39, 0.29) is 5.75 Å². The van der Waals surface area contributed by atoms with Gasteiger partial charge in [-0.05, 0) is 24.5 Å². The molecule has 0 aliphatic carbocycles. The number of nitrogens with zero attached hydrogens (tertiary/aromatic N) is 2. The van der Waals surface area contributed by atoms with Gasteiger partial charge in [0, 0.05) is 23.3 Å². The van der Waals surface area contributed by atoms with Gasteiger partial charge in [0.1, 0.15) is 0 Å². The van der Waals surface area contributed by atoms with Crippen molar-refractivity contribution in [3.05, 3.63) is 33.2 Å². The van der Waals surface area contributed by atoms with E-state index in [1.54, 1.807) is 11.3 Å². The normalized spacial score (nSPS) is 11.2. The first-order valence-corrected chi connectivity index (χ1v) is 8.79. The van der Waals surface area contributed by atoms with Crippen LogP contribution in [0.4, 0.5) is 0 Å². The molecule has 0 spiro atoms. The van der Waals surface area contributed by atoms with Crippen LogP contribution < -0.4 is 0 Å². The van der Waals surface area contributed by atoms with Gasteiger partial charge in [-0.2, -0.15) is 0 Å². The number of carboxylic acid groups (broad SMARTS) is 1. The molecule has 21 heavy (non-hydrogen) atoms. The van der Waals surface area contributed by atoms with Crippen LogP contribution >= 0.6 is 34.7 Å². The van der Waals surface area contributed by atoms with Crippen LogP contribution in [0, 0.1) is 0 Å². The van der Waals surface area contributed by atoms with Gasteiger partial charge in [-0.25, -0.2) is 4.98 Å². The summed E-state index contributed by atoms with van der Waals surface area (Å²) in [7, 11) is 0. The van der Waals surface area contributed by atoms with Crippen molar-refractivity contribution in [2.45, 2.75) is 37.9 Å². The van der Waals surface area contributed by atoms with Crippen LogP contribution in [0.1, 0.15) is 30.3 Å². The number of imidazole rings is 1. The number of thioether (sulfide) groups is 1. The average Bonchev–Trinajstić information content (AvgIpc) is 2.99. The molecule has 0 aliphatic heterocycles. The molecule has 2 rings (SSSR count). The summed E-state index contributed by atoms with van der Waals surface area (Å²) in [5.74, 6) is -0.450. The van der Waals surface area contributed by atoms with Crippen molar-refractivity contribution in [1.82, 2.24) is 9.55 Å². The first-order chi connectivity index (χ1) is 9.97. The highest BCUT2D eigenvalue weighted by atomic mass is 35.5. The zero-order chi connectivity index (χ0) is 15.4. The second kappa shape index (κ2) is 7.33. The summed E-state index contributed by atoms with van der Waals surface area (Å²) < 4.78 is 2.91. The maximum atomic E-state index is 10.7. The second-order valence-corrected chi connectivity index (χ2v) is 7.65. The number of carbonyl (C=O) groups is 1. The second-order valence-electron chi connectivity index (χ2n) is 4.91. The number of halogens is 1. The summed E-state index contributed by atoms with van der Waals surface area (Å²) >= 11 is 8.79. The van der Waals surface area contributed by atoms with Gasteiger partial charge in [-0.3, -0.25) is 4.79 Å². The maximum absolute atomic E-state index is 10.7. The first-order valence-electron chi connectivity index (χ1n) is 6.61. The van der Waals surface area contributed by atoms with E-state index in [2.05, 4.69) is 23.4 Å². The SMILES string of the molecule is CC(C)c1cnc(SCC(=O)O)n1CCc1ccc(Cl)s1. The van der Waals surface area contributed by atoms with Crippen molar-refractivity contribution in [3.8, 4) is 0 Å². The molecule has 0 fully saturated rings. The minimum absolute atomic E-state index is 0.0272. The Morgan fingerprint density at radius 3 is 2.86 bits per heavy atom. The molecule has 0 aliphatic rings. The molecular formula is C14H17ClN2O2S2. The van der Waals surface area contributed by atoms with E-state index in [0.717, 1.165) is 28.2 Å². The largest absolute Gasteiger partial charge is 0.481 e. The van der Waals surface area contributed by atoms with Crippen molar-refractivity contribution >= 4 is 40.7 Å². The van der Waals surface area contributed by atoms with E-state index in [1.165, 1.54) is 16.6 Å². The zero-order valence-electron chi connectivity index (χ0n) is 11.9. The van der Waals surface area contributed by atoms with Gasteiger partial charge >= 0.3 is 5.97 Å². The number of hydrogen-bond acceptors (Lipinski definition) is 4. The van der Waals surface area contributed by atoms with Crippen molar-refractivity contribution in [3.63, 3.8) is 0 Å². The molecular weight excluding hydrogens is 328 g/mol. The third kappa shape index (κ3) is 4.49. The van der Waals surface area contributed by atoms with Crippen molar-refractivity contribution in [2.75, 3.05) is 5.75 Å². The lowest BCUT2D eigenvalue weighted by Gasteiger charge is -2.13. The van der Waals surface area contributed by atoms with E-state index in [4.69, 9.17) is 16.7 Å². The predicted octanol–water partition coefficient (Wildman–Crippen LogP) is 4.14. The Kier molecular flexibility index (Phi) is 5.72. The highest BCUT2D eigenvalue weighted by Gasteiger charge is 2.14. The Labute approximate surface area is 137 Å². The van der Waals surface area contributed by atoms with Gasteiger partial charge < -0.3 is 9.67 Å². The molecule has 2 aromatic rings. The monoisotopic (exact) mass is 344 g/mol. The van der Waals surface area contributed by atoms with Gasteiger partial charge in [0.15, 0.2) is 5.16 Å². The number of rotatable bonds is 7. The third-order valence-electron chi connectivity index (χ3n) is 2.98. The lowest BCUT2D eigenvalue weighted by molar-refractivity contribution is -0.133. The van der Waals surface area contributed by atoms with Gasteiger partial charge in [0.2, 0.25) is 0 Å². The smallest absolute Gasteiger partial charge is 0.313 e. The number of aliphatic carboxylic acids is 1. The fraction of sp³-hybridized carbons (Fsp3) is 0.429. The standard InChI is InChI=1S/C14H17ClN2O2S2/c1-9(2)11-7-16-14(20-8-13(18)19)17(11)6-5-10-3-4-12(15)21-10/h3-4,7,9H,5-6,8H2,1-2H3,(H,18,19). The minimum Gasteiger partial charge on any atom is -0.481 e. The Morgan fingerprint density at radius 1 is 1.52 bits per heavy atom. The third-order valence-corrected chi connectivity index (χ3v) is 5.24. The molecule has 114 valence electrons. The minimum atomic E-state index is -0.828. The molecule has 0 bridgehead atoms. The van der Waals surface area contributed by atoms with Crippen molar-refractivity contribution in [2.24, 2.45) is 0 Å². The van der Waals surface area contributed by atoms with Gasteiger partial charge in [0.05, 0.1) is 10.1 Å². The molecule has 7 heteroatoms. The van der Waals surface area contributed by atoms with E-state index >= 15 is 0 Å². The Hall–Kier alpha value is -0.980. The predicted molar refractivity (Wildman–Crippen MR) is 87.7 cm³/mol. The fourth-order valence-corrected chi connectivity index (χ4v) is 3.81. The number of aryl methyl sites for hydroxylation is 1. The molecule has 0 aromatic carbocycles. The lowest BCUT2D eigenvalue weighted by Crippen LogP contribution is -2.09. The van der Waals surface area contributed by atoms with Crippen LogP contribution in [0.5, 0.6) is 0 Å². The molecule has 4 nitrogen and oxygen atoms in total. The Morgan fingerprint density at radius 2 is 2.29 bits per heavy atom. The molecule has 0 saturated carbocycles. The molecule has 2 aromatic heterocycles. The summed E-state index contributed by atoms with van der Waals surface area (Å²) in [5, 5.41) is 9.59. The quantitative estimate of drug-likeness (QED) is 0.767. The summed E-state index contributed by atoms with van der Waals surface area (Å²) in [6.45, 7) is 5.01. The van der Waals surface area contributed by atoms with Gasteiger partial charge in [-0.15, -0.1) is 11.3 Å². The van der Waals surface area contributed by atoms with Crippen LogP contribution in [-0.4, -0.2) is 26.4 Å². The van der Waals surface area contributed by atoms with Crippen LogP contribution in [-0.2, 0) is 17.8 Å². The molecule has 0 amide bonds. The maximum Gasteiger partial charge on any atom is 0.313 e. The lowest BCUT2D eigenvalue weighted by atomic mass is 10.1. The number of aromatic nitrogens is 2. The summed E-state index contributed by atoms with van der Waals surface area (Å²) in [6, 6.07) is 3.93. The highest BCUT2D eigenvalue weighted by molar-refractivity contribution is 7.99. The van der Waals surface area contributed by atoms with Gasteiger partial charge in [0.25, 0.3) is 0 Å². The highest BCUT2D eigenvalue weighted by Crippen LogP contribution is 2.26. The Bertz CT molecular complexity index is 622. The number of thiophene rings is 1. The van der Waals surface area contributed by atoms with E-state index < -0.39 is 5.97 Å². The topological polar surface area (TPSA) is 55.1 Å². The number of carboxylic acids is 1. The van der Waals surface area contributed by atoms with E-state index in [0.29, 0.717) is 5.92 Å². The zero-order valence-corrected chi connectivity index (χ0v) is 14.3. The Balaban J connectivity index is 2.13. The number of hydrogen-bond donors (Lipinski definition) is 1. The molecule has 0 saturated heterocycles. The van der Waals surface area contributed by atoms with Crippen LogP contribution in [0.3, 0.4) is 0 Å². The fourth-order valence-electron chi connectivity index (χ4n) is 2.01. The average molecular weight is 345 g/mol. The van der Waals surface area contributed by atoms with E-state index in [9.17, 15) is 4.79 Å². The van der Waals surface area contributed by atoms with Crippen LogP contribution in [0.2, 0.25) is 4.34 Å². The van der Waals surface area contributed by atoms with Crippen molar-refractivity contribution < 1.29 is 9.90 Å². The summed E-state index contributed by atoms with van der Waals surface area (Å²) in [5.41, 5.74) is 1.13. The van der Waals surface area contributed by atoms with E-state index in [1.807, 2.05) is 18.3 Å². The van der Waals surface area contributed by atoms with Crippen LogP contribution in [0.25, 0.3) is 0 Å². The summed E-state index contributed by atoms with van der Waals surface area (Å²) in [6.07, 6.45) is 2.71. The van der Waals surface area contributed by atoms with Gasteiger partial charge in [-0.1, -0.05) is 37.2 Å². The molecule has 0 atom stereocenters. The van der Waals surface area contributed by atoms with Crippen LogP contribution in [0.15, 0.2) is 23.5 Å². The van der Waals surface area contributed by atoms with Crippen molar-refractivity contribution in [1.29, 1.82) is 0 Å².